The Morgan fingerprint density at radius 1 is 1.09 bits per heavy atom. The Hall–Kier alpha value is -3.65. The first-order valence-electron chi connectivity index (χ1n) is 11.6. The van der Waals surface area contributed by atoms with E-state index in [0.717, 1.165) is 43.4 Å². The summed E-state index contributed by atoms with van der Waals surface area (Å²) in [6.07, 6.45) is 1.78. The van der Waals surface area contributed by atoms with Crippen molar-refractivity contribution in [2.24, 2.45) is 0 Å². The highest BCUT2D eigenvalue weighted by Crippen LogP contribution is 2.28. The van der Waals surface area contributed by atoms with Crippen molar-refractivity contribution >= 4 is 22.3 Å². The molecule has 0 unspecified atom stereocenters. The number of nitrogens with zero attached hydrogens (tertiary/aromatic N) is 4. The average molecular weight is 460 g/mol. The molecule has 0 saturated carbocycles. The molecule has 0 radical (unpaired) electrons. The number of amides is 1. The molecule has 0 atom stereocenters. The molecule has 2 aromatic carbocycles. The summed E-state index contributed by atoms with van der Waals surface area (Å²) in [5, 5.41) is 8.37. The van der Waals surface area contributed by atoms with Crippen LogP contribution >= 0.6 is 0 Å². The topological polar surface area (TPSA) is 80.9 Å². The third kappa shape index (κ3) is 4.28. The Labute approximate surface area is 197 Å². The van der Waals surface area contributed by atoms with Crippen molar-refractivity contribution in [2.75, 3.05) is 20.2 Å². The van der Waals surface area contributed by atoms with Gasteiger partial charge in [-0.3, -0.25) is 18.9 Å². The number of hydrogen-bond acceptors (Lipinski definition) is 5. The van der Waals surface area contributed by atoms with Crippen molar-refractivity contribution in [3.05, 3.63) is 76.3 Å². The lowest BCUT2D eigenvalue weighted by atomic mass is 10.0. The Bertz CT molecular complexity index is 1380. The summed E-state index contributed by atoms with van der Waals surface area (Å²) in [7, 11) is 1.61. The zero-order chi connectivity index (χ0) is 23.7. The molecule has 1 amide bonds. The van der Waals surface area contributed by atoms with E-state index in [-0.39, 0.29) is 24.1 Å². The molecule has 8 nitrogen and oxygen atoms in total. The number of nitrogens with one attached hydrogen (secondary N) is 1. The van der Waals surface area contributed by atoms with Gasteiger partial charge in [-0.1, -0.05) is 36.4 Å². The van der Waals surface area contributed by atoms with Crippen LogP contribution in [0.1, 0.15) is 24.2 Å². The second-order valence-corrected chi connectivity index (χ2v) is 8.87. The molecular weight excluding hydrogens is 430 g/mol. The van der Waals surface area contributed by atoms with E-state index in [9.17, 15) is 9.59 Å². The van der Waals surface area contributed by atoms with Crippen molar-refractivity contribution in [1.82, 2.24) is 24.4 Å². The van der Waals surface area contributed by atoms with Gasteiger partial charge in [-0.25, -0.2) is 4.68 Å². The maximum absolute atomic E-state index is 13.1. The Kier molecular flexibility index (Phi) is 6.06. The average Bonchev–Trinajstić information content (AvgIpc) is 3.25. The number of carbonyl (C=O) groups excluding carboxylic acids is 1. The van der Waals surface area contributed by atoms with Gasteiger partial charge in [0.25, 0.3) is 5.56 Å². The van der Waals surface area contributed by atoms with Crippen LogP contribution in [0.3, 0.4) is 0 Å². The summed E-state index contributed by atoms with van der Waals surface area (Å²) in [6, 6.07) is 18.0. The fourth-order valence-electron chi connectivity index (χ4n) is 4.88. The number of aryl methyl sites for hydroxylation is 1. The zero-order valence-corrected chi connectivity index (χ0v) is 19.5. The van der Waals surface area contributed by atoms with Crippen LogP contribution in [0.4, 0.5) is 0 Å². The van der Waals surface area contributed by atoms with Crippen LogP contribution in [0.25, 0.3) is 16.4 Å². The maximum Gasteiger partial charge on any atom is 0.291 e. The second-order valence-electron chi connectivity index (χ2n) is 8.87. The van der Waals surface area contributed by atoms with Crippen LogP contribution in [-0.4, -0.2) is 51.2 Å². The molecular formula is C26H29N5O3. The smallest absolute Gasteiger partial charge is 0.291 e. The lowest BCUT2D eigenvalue weighted by Gasteiger charge is -2.32. The molecule has 2 aromatic heterocycles. The van der Waals surface area contributed by atoms with Gasteiger partial charge in [-0.05, 0) is 43.5 Å². The number of likely N-dealkylation sites (tertiary alicyclic amines) is 1. The van der Waals surface area contributed by atoms with Gasteiger partial charge in [0.1, 0.15) is 23.6 Å². The molecule has 0 spiro atoms. The molecule has 1 fully saturated rings. The van der Waals surface area contributed by atoms with Gasteiger partial charge in [0, 0.05) is 31.1 Å². The number of ether oxygens (including phenoxy) is 1. The molecule has 1 aliphatic rings. The highest BCUT2D eigenvalue weighted by Gasteiger charge is 2.22. The maximum atomic E-state index is 13.1. The minimum Gasteiger partial charge on any atom is -0.496 e. The van der Waals surface area contributed by atoms with Crippen molar-refractivity contribution in [2.45, 2.75) is 38.9 Å². The lowest BCUT2D eigenvalue weighted by molar-refractivity contribution is -0.123. The third-order valence-corrected chi connectivity index (χ3v) is 6.56. The van der Waals surface area contributed by atoms with Gasteiger partial charge < -0.3 is 10.1 Å². The van der Waals surface area contributed by atoms with E-state index in [1.165, 1.54) is 10.2 Å². The van der Waals surface area contributed by atoms with E-state index >= 15 is 0 Å². The van der Waals surface area contributed by atoms with Crippen LogP contribution in [0.15, 0.2) is 59.4 Å². The van der Waals surface area contributed by atoms with Crippen LogP contribution in [0.5, 0.6) is 5.75 Å². The fourth-order valence-corrected chi connectivity index (χ4v) is 4.88. The van der Waals surface area contributed by atoms with Crippen LogP contribution in [0, 0.1) is 6.92 Å². The number of rotatable bonds is 6. The number of benzene rings is 2. The van der Waals surface area contributed by atoms with Crippen molar-refractivity contribution in [3.8, 4) is 5.75 Å². The molecule has 5 rings (SSSR count). The second kappa shape index (κ2) is 9.30. The first kappa shape index (κ1) is 22.2. The molecule has 176 valence electrons. The summed E-state index contributed by atoms with van der Waals surface area (Å²) in [6.45, 7) is 4.53. The van der Waals surface area contributed by atoms with Crippen molar-refractivity contribution < 1.29 is 9.53 Å². The van der Waals surface area contributed by atoms with E-state index in [4.69, 9.17) is 4.74 Å². The SMILES string of the molecule is COc1cccc2c1cc1c(=O)n(CC(=O)NC3CCN(Cc4ccccc4)CC3)nc(C)n12. The van der Waals surface area contributed by atoms with Gasteiger partial charge in [0.2, 0.25) is 5.91 Å². The van der Waals surface area contributed by atoms with Gasteiger partial charge in [0.15, 0.2) is 0 Å². The predicted molar refractivity (Wildman–Crippen MR) is 131 cm³/mol. The Balaban J connectivity index is 1.26. The Morgan fingerprint density at radius 3 is 2.59 bits per heavy atom. The molecule has 1 aliphatic heterocycles. The van der Waals surface area contributed by atoms with Crippen molar-refractivity contribution in [3.63, 3.8) is 0 Å². The van der Waals surface area contributed by atoms with E-state index in [0.29, 0.717) is 17.1 Å². The molecule has 0 aliphatic carbocycles. The quantitative estimate of drug-likeness (QED) is 0.480. The summed E-state index contributed by atoms with van der Waals surface area (Å²) in [5.74, 6) is 1.15. The first-order chi connectivity index (χ1) is 16.5. The third-order valence-electron chi connectivity index (χ3n) is 6.56. The molecule has 3 heterocycles. The largest absolute Gasteiger partial charge is 0.496 e. The van der Waals surface area contributed by atoms with E-state index in [1.807, 2.05) is 41.7 Å². The Morgan fingerprint density at radius 2 is 1.85 bits per heavy atom. The number of carbonyl (C=O) groups is 1. The standard InChI is InChI=1S/C26H29N5O3/c1-18-28-30(26(33)23-15-21-22(31(18)23)9-6-10-24(21)34-2)17-25(32)27-20-11-13-29(14-12-20)16-19-7-4-3-5-8-19/h3-10,15,20H,11-14,16-17H2,1-2H3,(H,27,32). The van der Waals surface area contributed by atoms with Gasteiger partial charge >= 0.3 is 0 Å². The number of aromatic nitrogens is 3. The minimum atomic E-state index is -0.295. The number of fused-ring (bicyclic) bond motifs is 3. The predicted octanol–water partition coefficient (Wildman–Crippen LogP) is 2.75. The lowest BCUT2D eigenvalue weighted by Crippen LogP contribution is -2.46. The highest BCUT2D eigenvalue weighted by atomic mass is 16.5. The van der Waals surface area contributed by atoms with Crippen LogP contribution < -0.4 is 15.6 Å². The molecule has 1 N–H and O–H groups in total. The summed E-state index contributed by atoms with van der Waals surface area (Å²) < 4.78 is 8.52. The van der Waals surface area contributed by atoms with E-state index in [2.05, 4.69) is 39.6 Å². The van der Waals surface area contributed by atoms with Crippen LogP contribution in [0.2, 0.25) is 0 Å². The highest BCUT2D eigenvalue weighted by molar-refractivity contribution is 5.92. The molecule has 34 heavy (non-hydrogen) atoms. The summed E-state index contributed by atoms with van der Waals surface area (Å²) >= 11 is 0. The summed E-state index contributed by atoms with van der Waals surface area (Å²) in [5.41, 5.74) is 2.35. The van der Waals surface area contributed by atoms with Crippen LogP contribution in [-0.2, 0) is 17.9 Å². The summed E-state index contributed by atoms with van der Waals surface area (Å²) in [4.78, 5) is 28.3. The minimum absolute atomic E-state index is 0.0982. The zero-order valence-electron chi connectivity index (χ0n) is 19.5. The van der Waals surface area contributed by atoms with Crippen molar-refractivity contribution in [1.29, 1.82) is 0 Å². The monoisotopic (exact) mass is 459 g/mol. The molecule has 8 heteroatoms. The molecule has 1 saturated heterocycles. The van der Waals surface area contributed by atoms with E-state index in [1.54, 1.807) is 7.11 Å². The molecule has 0 bridgehead atoms. The fraction of sp³-hybridized carbons (Fsp3) is 0.346. The molecule has 4 aromatic rings. The van der Waals surface area contributed by atoms with Gasteiger partial charge in [0.05, 0.1) is 12.6 Å². The van der Waals surface area contributed by atoms with Gasteiger partial charge in [-0.15, -0.1) is 0 Å². The normalized spacial score (nSPS) is 15.1. The van der Waals surface area contributed by atoms with E-state index < -0.39 is 0 Å². The number of piperidine rings is 1. The first-order valence-corrected chi connectivity index (χ1v) is 11.6. The number of hydrogen-bond donors (Lipinski definition) is 1. The number of methoxy groups -OCH3 is 1. The van der Waals surface area contributed by atoms with Gasteiger partial charge in [-0.2, -0.15) is 5.10 Å².